The Morgan fingerprint density at radius 1 is 1.14 bits per heavy atom. The smallest absolute Gasteiger partial charge is 0.310 e. The minimum Gasteiger partial charge on any atom is -0.481 e. The lowest BCUT2D eigenvalue weighted by atomic mass is 9.78. The average molecular weight is 421 g/mol. The van der Waals surface area contributed by atoms with E-state index in [1.54, 1.807) is 29.6 Å². The molecule has 2 fully saturated rings. The van der Waals surface area contributed by atoms with Crippen LogP contribution in [0.25, 0.3) is 11.1 Å². The highest BCUT2D eigenvalue weighted by atomic mass is 35.5. The fourth-order valence-electron chi connectivity index (χ4n) is 4.06. The Morgan fingerprint density at radius 2 is 1.79 bits per heavy atom. The summed E-state index contributed by atoms with van der Waals surface area (Å²) < 4.78 is 5.64. The van der Waals surface area contributed by atoms with E-state index in [0.29, 0.717) is 28.4 Å². The lowest BCUT2D eigenvalue weighted by Crippen LogP contribution is -2.41. The van der Waals surface area contributed by atoms with E-state index in [1.165, 1.54) is 11.3 Å². The molecule has 0 saturated carbocycles. The fraction of sp³-hybridized carbons (Fsp3) is 0.316. The van der Waals surface area contributed by atoms with E-state index in [2.05, 4.69) is 5.32 Å². The van der Waals surface area contributed by atoms with Crippen LogP contribution >= 0.6 is 22.9 Å². The number of carbonyl (C=O) groups excluding carboxylic acids is 2. The second-order valence-electron chi connectivity index (χ2n) is 6.89. The van der Waals surface area contributed by atoms with Crippen LogP contribution < -0.4 is 11.1 Å². The largest absolute Gasteiger partial charge is 0.481 e. The first-order valence-corrected chi connectivity index (χ1v) is 9.99. The van der Waals surface area contributed by atoms with Crippen LogP contribution in [0, 0.1) is 11.8 Å². The maximum atomic E-state index is 12.9. The molecule has 146 valence electrons. The topological polar surface area (TPSA) is 119 Å². The molecule has 2 aromatic rings. The zero-order valence-electron chi connectivity index (χ0n) is 14.6. The van der Waals surface area contributed by atoms with Gasteiger partial charge in [0.15, 0.2) is 0 Å². The number of benzene rings is 1. The second kappa shape index (κ2) is 7.20. The Kier molecular flexibility index (Phi) is 4.86. The minimum atomic E-state index is -1.05. The number of carbonyl (C=O) groups is 3. The Morgan fingerprint density at radius 3 is 2.39 bits per heavy atom. The maximum absolute atomic E-state index is 12.9. The number of rotatable bonds is 5. The number of fused-ring (bicyclic) bond motifs is 2. The predicted octanol–water partition coefficient (Wildman–Crippen LogP) is 2.98. The summed E-state index contributed by atoms with van der Waals surface area (Å²) in [4.78, 5) is 36.6. The van der Waals surface area contributed by atoms with Crippen LogP contribution in [0.4, 0.5) is 5.00 Å². The molecule has 3 heterocycles. The number of carboxylic acid groups (broad SMARTS) is 1. The van der Waals surface area contributed by atoms with Gasteiger partial charge in [0.1, 0.15) is 5.00 Å². The molecule has 28 heavy (non-hydrogen) atoms. The van der Waals surface area contributed by atoms with Crippen LogP contribution in [-0.2, 0) is 14.3 Å². The van der Waals surface area contributed by atoms with Crippen molar-refractivity contribution in [3.05, 3.63) is 40.2 Å². The molecule has 2 aliphatic heterocycles. The number of nitrogens with two attached hydrogens (primary N) is 1. The molecule has 7 nitrogen and oxygen atoms in total. The Bertz CT molecular complexity index is 958. The molecule has 0 radical (unpaired) electrons. The Balaban J connectivity index is 1.63. The monoisotopic (exact) mass is 420 g/mol. The molecular weight excluding hydrogens is 404 g/mol. The molecule has 1 aromatic carbocycles. The van der Waals surface area contributed by atoms with E-state index < -0.39 is 41.8 Å². The highest BCUT2D eigenvalue weighted by Gasteiger charge is 2.55. The van der Waals surface area contributed by atoms with Gasteiger partial charge in [-0.25, -0.2) is 0 Å². The summed E-state index contributed by atoms with van der Waals surface area (Å²) in [5.74, 6) is -3.87. The van der Waals surface area contributed by atoms with Gasteiger partial charge in [0.05, 0.1) is 29.6 Å². The third-order valence-electron chi connectivity index (χ3n) is 5.29. The van der Waals surface area contributed by atoms with Gasteiger partial charge in [0.25, 0.3) is 5.91 Å². The lowest BCUT2D eigenvalue weighted by Gasteiger charge is -2.23. The highest BCUT2D eigenvalue weighted by molar-refractivity contribution is 7.15. The van der Waals surface area contributed by atoms with Crippen molar-refractivity contribution in [2.75, 3.05) is 5.32 Å². The van der Waals surface area contributed by atoms with E-state index in [0.717, 1.165) is 5.56 Å². The van der Waals surface area contributed by atoms with Crippen LogP contribution in [-0.4, -0.2) is 35.1 Å². The van der Waals surface area contributed by atoms with Gasteiger partial charge < -0.3 is 20.9 Å². The van der Waals surface area contributed by atoms with Crippen molar-refractivity contribution in [3.63, 3.8) is 0 Å². The maximum Gasteiger partial charge on any atom is 0.310 e. The standard InChI is InChI=1S/C19H17ClN2O5S/c20-9-3-1-8(2-4-9)10-7-28-18(13(10)16(21)23)22-17(24)14-11-5-6-12(27-11)15(14)19(25)26/h1-4,7,11-12,14-15H,5-6H2,(H2,21,23)(H,22,24)(H,25,26)/t11-,12+,14-,15+/m1/s1. The third kappa shape index (κ3) is 3.17. The number of primary amides is 1. The molecule has 9 heteroatoms. The van der Waals surface area contributed by atoms with Crippen LogP contribution in [0.5, 0.6) is 0 Å². The van der Waals surface area contributed by atoms with E-state index in [4.69, 9.17) is 22.1 Å². The number of carboxylic acids is 1. The number of anilines is 1. The Labute approximate surface area is 169 Å². The minimum absolute atomic E-state index is 0.191. The number of ether oxygens (including phenoxy) is 1. The number of hydrogen-bond donors (Lipinski definition) is 3. The summed E-state index contributed by atoms with van der Waals surface area (Å²) >= 11 is 7.08. The van der Waals surface area contributed by atoms with Gasteiger partial charge in [0.2, 0.25) is 5.91 Å². The summed E-state index contributed by atoms with van der Waals surface area (Å²) in [6.45, 7) is 0. The van der Waals surface area contributed by atoms with Crippen molar-refractivity contribution in [2.24, 2.45) is 17.6 Å². The summed E-state index contributed by atoms with van der Waals surface area (Å²) in [5.41, 5.74) is 7.08. The van der Waals surface area contributed by atoms with Crippen molar-refractivity contribution < 1.29 is 24.2 Å². The molecule has 2 amide bonds. The van der Waals surface area contributed by atoms with Gasteiger partial charge in [-0.3, -0.25) is 14.4 Å². The molecule has 0 unspecified atom stereocenters. The van der Waals surface area contributed by atoms with Gasteiger partial charge in [-0.15, -0.1) is 11.3 Å². The van der Waals surface area contributed by atoms with Crippen LogP contribution in [0.2, 0.25) is 5.02 Å². The molecule has 4 N–H and O–H groups in total. The molecule has 4 rings (SSSR count). The molecule has 2 saturated heterocycles. The normalized spacial score (nSPS) is 25.6. The number of halogens is 1. The SMILES string of the molecule is NC(=O)c1c(-c2ccc(Cl)cc2)csc1NC(=O)[C@H]1[C@@H](C(=O)O)[C@@H]2CC[C@H]1O2. The van der Waals surface area contributed by atoms with Gasteiger partial charge >= 0.3 is 5.97 Å². The molecule has 2 aliphatic rings. The average Bonchev–Trinajstić information content (AvgIpc) is 3.35. The van der Waals surface area contributed by atoms with Crippen LogP contribution in [0.1, 0.15) is 23.2 Å². The van der Waals surface area contributed by atoms with Crippen molar-refractivity contribution in [1.82, 2.24) is 0 Å². The Hall–Kier alpha value is -2.42. The van der Waals surface area contributed by atoms with Crippen molar-refractivity contribution in [1.29, 1.82) is 0 Å². The van der Waals surface area contributed by atoms with Crippen LogP contribution in [0.3, 0.4) is 0 Å². The van der Waals surface area contributed by atoms with Crippen molar-refractivity contribution in [2.45, 2.75) is 25.0 Å². The summed E-state index contributed by atoms with van der Waals surface area (Å²) in [7, 11) is 0. The number of amides is 2. The zero-order chi connectivity index (χ0) is 20.0. The lowest BCUT2D eigenvalue weighted by molar-refractivity contribution is -0.147. The summed E-state index contributed by atoms with van der Waals surface area (Å²) in [5, 5.41) is 14.8. The first kappa shape index (κ1) is 18.9. The van der Waals surface area contributed by atoms with E-state index in [1.807, 2.05) is 0 Å². The fourth-order valence-corrected chi connectivity index (χ4v) is 5.16. The molecule has 0 aliphatic carbocycles. The molecule has 4 atom stereocenters. The van der Waals surface area contributed by atoms with Crippen molar-refractivity contribution in [3.8, 4) is 11.1 Å². The number of thiophene rings is 1. The van der Waals surface area contributed by atoms with Gasteiger partial charge in [-0.2, -0.15) is 0 Å². The van der Waals surface area contributed by atoms with E-state index in [9.17, 15) is 19.5 Å². The number of nitrogens with one attached hydrogen (secondary N) is 1. The number of aliphatic carboxylic acids is 1. The first-order valence-electron chi connectivity index (χ1n) is 8.73. The number of hydrogen-bond acceptors (Lipinski definition) is 5. The summed E-state index contributed by atoms with van der Waals surface area (Å²) in [6, 6.07) is 6.91. The van der Waals surface area contributed by atoms with E-state index >= 15 is 0 Å². The third-order valence-corrected chi connectivity index (χ3v) is 6.44. The molecule has 2 bridgehead atoms. The van der Waals surface area contributed by atoms with Gasteiger partial charge in [-0.1, -0.05) is 23.7 Å². The molecule has 1 aromatic heterocycles. The first-order chi connectivity index (χ1) is 13.4. The van der Waals surface area contributed by atoms with Gasteiger partial charge in [-0.05, 0) is 30.5 Å². The molecular formula is C19H17ClN2O5S. The quantitative estimate of drug-likeness (QED) is 0.687. The van der Waals surface area contributed by atoms with Crippen LogP contribution in [0.15, 0.2) is 29.6 Å². The summed E-state index contributed by atoms with van der Waals surface area (Å²) in [6.07, 6.45) is 0.425. The van der Waals surface area contributed by atoms with E-state index in [-0.39, 0.29) is 5.56 Å². The second-order valence-corrected chi connectivity index (χ2v) is 8.21. The highest BCUT2D eigenvalue weighted by Crippen LogP contribution is 2.45. The predicted molar refractivity (Wildman–Crippen MR) is 104 cm³/mol. The zero-order valence-corrected chi connectivity index (χ0v) is 16.1. The van der Waals surface area contributed by atoms with Crippen molar-refractivity contribution >= 4 is 45.7 Å². The molecule has 0 spiro atoms. The van der Waals surface area contributed by atoms with Gasteiger partial charge in [0, 0.05) is 16.0 Å².